The highest BCUT2D eigenvalue weighted by Gasteiger charge is 2.24. The second-order valence-electron chi connectivity index (χ2n) is 6.94. The van der Waals surface area contributed by atoms with Crippen LogP contribution in [-0.4, -0.2) is 70.8 Å². The van der Waals surface area contributed by atoms with Crippen LogP contribution in [0.3, 0.4) is 0 Å². The van der Waals surface area contributed by atoms with E-state index >= 15 is 0 Å². The van der Waals surface area contributed by atoms with Gasteiger partial charge in [0, 0.05) is 52.4 Å². The monoisotopic (exact) mass is 375 g/mol. The minimum absolute atomic E-state index is 0.0783. The smallest absolute Gasteiger partial charge is 0.319 e. The summed E-state index contributed by atoms with van der Waals surface area (Å²) in [7, 11) is 3.58. The third-order valence-electron chi connectivity index (χ3n) is 4.77. The molecule has 26 heavy (non-hydrogen) atoms. The first-order valence-corrected chi connectivity index (χ1v) is 9.28. The minimum Gasteiger partial charge on any atom is -0.331 e. The predicted octanol–water partition coefficient (Wildman–Crippen LogP) is 2.69. The van der Waals surface area contributed by atoms with Crippen molar-refractivity contribution in [1.82, 2.24) is 24.5 Å². The topological polar surface area (TPSA) is 44.6 Å². The molecule has 0 radical (unpaired) electrons. The second kappa shape index (κ2) is 8.10. The third-order valence-corrected chi connectivity index (χ3v) is 5.19. The predicted molar refractivity (Wildman–Crippen MR) is 103 cm³/mol. The Balaban J connectivity index is 1.63. The molecule has 0 unspecified atom stereocenters. The number of benzene rings is 1. The summed E-state index contributed by atoms with van der Waals surface area (Å²) in [5.41, 5.74) is 3.23. The standard InChI is InChI=1S/C19H26ClN5O/c1-15-17(14-23-9-11-24(12-10-23)19(26)22(2)3)18(20)25(21-15)13-16-7-5-4-6-8-16/h4-8H,9-14H2,1-3H3. The summed E-state index contributed by atoms with van der Waals surface area (Å²) < 4.78 is 1.87. The molecule has 0 aliphatic carbocycles. The van der Waals surface area contributed by atoms with Crippen LogP contribution in [0.4, 0.5) is 4.79 Å². The largest absolute Gasteiger partial charge is 0.331 e. The molecule has 3 rings (SSSR count). The Kier molecular flexibility index (Phi) is 5.84. The van der Waals surface area contributed by atoms with Crippen LogP contribution in [0, 0.1) is 6.92 Å². The maximum Gasteiger partial charge on any atom is 0.319 e. The van der Waals surface area contributed by atoms with Crippen LogP contribution in [0.5, 0.6) is 0 Å². The molecule has 6 nitrogen and oxygen atoms in total. The molecule has 2 amide bonds. The average molecular weight is 376 g/mol. The first kappa shape index (κ1) is 18.7. The van der Waals surface area contributed by atoms with Crippen molar-refractivity contribution in [1.29, 1.82) is 0 Å². The van der Waals surface area contributed by atoms with Crippen molar-refractivity contribution < 1.29 is 4.79 Å². The number of carbonyl (C=O) groups is 1. The summed E-state index contributed by atoms with van der Waals surface area (Å²) in [5.74, 6) is 0. The fourth-order valence-electron chi connectivity index (χ4n) is 3.23. The molecule has 2 heterocycles. The number of hydrogen-bond acceptors (Lipinski definition) is 3. The molecule has 0 saturated carbocycles. The van der Waals surface area contributed by atoms with E-state index in [4.69, 9.17) is 11.6 Å². The van der Waals surface area contributed by atoms with Crippen LogP contribution in [0.1, 0.15) is 16.8 Å². The summed E-state index contributed by atoms with van der Waals surface area (Å²) in [4.78, 5) is 17.9. The van der Waals surface area contributed by atoms with Crippen molar-refractivity contribution in [3.8, 4) is 0 Å². The molecule has 0 atom stereocenters. The van der Waals surface area contributed by atoms with E-state index in [1.54, 1.807) is 19.0 Å². The Morgan fingerprint density at radius 3 is 2.38 bits per heavy atom. The van der Waals surface area contributed by atoms with E-state index < -0.39 is 0 Å². The maximum absolute atomic E-state index is 12.0. The molecule has 0 N–H and O–H groups in total. The van der Waals surface area contributed by atoms with Gasteiger partial charge in [0.2, 0.25) is 0 Å². The van der Waals surface area contributed by atoms with Crippen molar-refractivity contribution in [2.75, 3.05) is 40.3 Å². The van der Waals surface area contributed by atoms with Gasteiger partial charge in [0.05, 0.1) is 12.2 Å². The highest BCUT2D eigenvalue weighted by molar-refractivity contribution is 6.30. The summed E-state index contributed by atoms with van der Waals surface area (Å²) in [6.45, 7) is 6.62. The summed E-state index contributed by atoms with van der Waals surface area (Å²) in [5, 5.41) is 5.33. The number of rotatable bonds is 4. The van der Waals surface area contributed by atoms with E-state index in [1.165, 1.54) is 5.56 Å². The van der Waals surface area contributed by atoms with Gasteiger partial charge in [0.15, 0.2) is 0 Å². The van der Waals surface area contributed by atoms with Crippen LogP contribution >= 0.6 is 11.6 Å². The molecule has 2 aromatic rings. The minimum atomic E-state index is 0.0783. The maximum atomic E-state index is 12.0. The number of amides is 2. The van der Waals surface area contributed by atoms with Crippen molar-refractivity contribution in [2.24, 2.45) is 0 Å². The summed E-state index contributed by atoms with van der Waals surface area (Å²) >= 11 is 6.62. The zero-order chi connectivity index (χ0) is 18.7. The number of urea groups is 1. The van der Waals surface area contributed by atoms with Crippen LogP contribution in [0.2, 0.25) is 5.15 Å². The Hall–Kier alpha value is -2.05. The van der Waals surface area contributed by atoms with E-state index in [2.05, 4.69) is 22.1 Å². The highest BCUT2D eigenvalue weighted by Crippen LogP contribution is 2.23. The first-order chi connectivity index (χ1) is 12.5. The number of aromatic nitrogens is 2. The molecule has 1 aliphatic rings. The van der Waals surface area contributed by atoms with Gasteiger partial charge in [-0.15, -0.1) is 0 Å². The SMILES string of the molecule is Cc1nn(Cc2ccccc2)c(Cl)c1CN1CCN(C(=O)N(C)C)CC1. The number of hydrogen-bond donors (Lipinski definition) is 0. The number of piperazine rings is 1. The van der Waals surface area contributed by atoms with Crippen LogP contribution < -0.4 is 0 Å². The van der Waals surface area contributed by atoms with Gasteiger partial charge >= 0.3 is 6.03 Å². The molecule has 7 heteroatoms. The average Bonchev–Trinajstić information content (AvgIpc) is 2.90. The molecule has 0 bridgehead atoms. The molecule has 1 saturated heterocycles. The van der Waals surface area contributed by atoms with Gasteiger partial charge in [-0.3, -0.25) is 4.90 Å². The van der Waals surface area contributed by atoms with Crippen molar-refractivity contribution >= 4 is 17.6 Å². The Bertz CT molecular complexity index is 751. The van der Waals surface area contributed by atoms with Crippen molar-refractivity contribution in [3.63, 3.8) is 0 Å². The van der Waals surface area contributed by atoms with Gasteiger partial charge in [-0.1, -0.05) is 41.9 Å². The van der Waals surface area contributed by atoms with Gasteiger partial charge in [0.1, 0.15) is 5.15 Å². The number of aryl methyl sites for hydroxylation is 1. The van der Waals surface area contributed by atoms with Gasteiger partial charge in [-0.25, -0.2) is 9.48 Å². The Morgan fingerprint density at radius 1 is 1.12 bits per heavy atom. The van der Waals surface area contributed by atoms with Gasteiger partial charge in [-0.2, -0.15) is 5.10 Å². The van der Waals surface area contributed by atoms with Crippen LogP contribution in [-0.2, 0) is 13.1 Å². The number of nitrogens with zero attached hydrogens (tertiary/aromatic N) is 5. The van der Waals surface area contributed by atoms with Gasteiger partial charge in [0.25, 0.3) is 0 Å². The summed E-state index contributed by atoms with van der Waals surface area (Å²) in [6.07, 6.45) is 0. The number of halogens is 1. The Labute approximate surface area is 159 Å². The number of carbonyl (C=O) groups excluding carboxylic acids is 1. The first-order valence-electron chi connectivity index (χ1n) is 8.90. The van der Waals surface area contributed by atoms with E-state index in [0.29, 0.717) is 11.7 Å². The molecule has 0 spiro atoms. The fourth-order valence-corrected chi connectivity index (χ4v) is 3.53. The fraction of sp³-hybridized carbons (Fsp3) is 0.474. The molecule has 1 aliphatic heterocycles. The quantitative estimate of drug-likeness (QED) is 0.825. The normalized spacial score (nSPS) is 15.3. The second-order valence-corrected chi connectivity index (χ2v) is 7.30. The highest BCUT2D eigenvalue weighted by atomic mass is 35.5. The third kappa shape index (κ3) is 4.19. The lowest BCUT2D eigenvalue weighted by atomic mass is 10.2. The molecule has 1 fully saturated rings. The summed E-state index contributed by atoms with van der Waals surface area (Å²) in [6, 6.07) is 10.3. The van der Waals surface area contributed by atoms with E-state index in [9.17, 15) is 4.79 Å². The zero-order valence-electron chi connectivity index (χ0n) is 15.7. The molecule has 1 aromatic heterocycles. The lowest BCUT2D eigenvalue weighted by Gasteiger charge is -2.35. The van der Waals surface area contributed by atoms with Crippen LogP contribution in [0.25, 0.3) is 0 Å². The van der Waals surface area contributed by atoms with E-state index in [-0.39, 0.29) is 6.03 Å². The van der Waals surface area contributed by atoms with E-state index in [1.807, 2.05) is 34.7 Å². The van der Waals surface area contributed by atoms with E-state index in [0.717, 1.165) is 44.0 Å². The lowest BCUT2D eigenvalue weighted by Crippen LogP contribution is -2.51. The van der Waals surface area contributed by atoms with Crippen molar-refractivity contribution in [3.05, 3.63) is 52.3 Å². The zero-order valence-corrected chi connectivity index (χ0v) is 16.4. The lowest BCUT2D eigenvalue weighted by molar-refractivity contribution is 0.120. The van der Waals surface area contributed by atoms with Gasteiger partial charge in [-0.05, 0) is 12.5 Å². The molecule has 1 aromatic carbocycles. The Morgan fingerprint density at radius 2 is 1.77 bits per heavy atom. The molecular weight excluding hydrogens is 350 g/mol. The van der Waals surface area contributed by atoms with Gasteiger partial charge < -0.3 is 9.80 Å². The van der Waals surface area contributed by atoms with Crippen LogP contribution in [0.15, 0.2) is 30.3 Å². The molecule has 140 valence electrons. The van der Waals surface area contributed by atoms with Crippen molar-refractivity contribution in [2.45, 2.75) is 20.0 Å². The molecular formula is C19H26ClN5O.